The van der Waals surface area contributed by atoms with E-state index < -0.39 is 5.41 Å². The number of amides is 1. The highest BCUT2D eigenvalue weighted by molar-refractivity contribution is 5.89. The van der Waals surface area contributed by atoms with Gasteiger partial charge in [0.2, 0.25) is 0 Å². The van der Waals surface area contributed by atoms with Gasteiger partial charge in [-0.25, -0.2) is 0 Å². The minimum Gasteiger partial charge on any atom is -0.455 e. The highest BCUT2D eigenvalue weighted by Gasteiger charge is 2.52. The number of hydrogen-bond acceptors (Lipinski definition) is 3. The van der Waals surface area contributed by atoms with E-state index in [1.54, 1.807) is 4.90 Å². The van der Waals surface area contributed by atoms with Gasteiger partial charge in [-0.2, -0.15) is 0 Å². The van der Waals surface area contributed by atoms with Crippen LogP contribution in [0.25, 0.3) is 0 Å². The van der Waals surface area contributed by atoms with Crippen LogP contribution in [0.2, 0.25) is 0 Å². The molecule has 2 aromatic rings. The lowest BCUT2D eigenvalue weighted by molar-refractivity contribution is -0.154. The number of aryl methyl sites for hydroxylation is 1. The van der Waals surface area contributed by atoms with Crippen LogP contribution in [0.1, 0.15) is 48.4 Å². The molecule has 1 unspecified atom stereocenters. The van der Waals surface area contributed by atoms with Gasteiger partial charge in [0.1, 0.15) is 0 Å². The molecule has 1 atom stereocenters. The molecule has 0 saturated heterocycles. The van der Waals surface area contributed by atoms with Gasteiger partial charge in [0.05, 0.1) is 11.5 Å². The van der Waals surface area contributed by atoms with E-state index in [1.165, 1.54) is 11.1 Å². The second-order valence-corrected chi connectivity index (χ2v) is 7.64. The van der Waals surface area contributed by atoms with Crippen molar-refractivity contribution in [3.8, 4) is 0 Å². The van der Waals surface area contributed by atoms with Crippen molar-refractivity contribution < 1.29 is 14.3 Å². The van der Waals surface area contributed by atoms with Crippen LogP contribution in [-0.2, 0) is 26.2 Å². The van der Waals surface area contributed by atoms with Gasteiger partial charge in [0.25, 0.3) is 5.91 Å². The third kappa shape index (κ3) is 3.36. The van der Waals surface area contributed by atoms with Crippen LogP contribution in [0.5, 0.6) is 0 Å². The van der Waals surface area contributed by atoms with Gasteiger partial charge in [0, 0.05) is 7.05 Å². The molecular formula is C23H25NO3. The molecule has 4 heteroatoms. The molecule has 0 aromatic heterocycles. The van der Waals surface area contributed by atoms with Gasteiger partial charge in [0.15, 0.2) is 6.61 Å². The van der Waals surface area contributed by atoms with Gasteiger partial charge >= 0.3 is 5.97 Å². The fourth-order valence-electron chi connectivity index (χ4n) is 4.16. The Kier molecular flexibility index (Phi) is 4.73. The first-order valence-electron chi connectivity index (χ1n) is 9.68. The summed E-state index contributed by atoms with van der Waals surface area (Å²) in [6.45, 7) is -0.192. The fraction of sp³-hybridized carbons (Fsp3) is 0.391. The number of ether oxygens (including phenoxy) is 1. The molecule has 0 spiro atoms. The number of nitrogens with zero attached hydrogens (tertiary/aromatic N) is 1. The first-order valence-corrected chi connectivity index (χ1v) is 9.68. The highest BCUT2D eigenvalue weighted by Crippen LogP contribution is 2.49. The molecule has 2 aromatic carbocycles. The Bertz CT molecular complexity index is 842. The lowest BCUT2D eigenvalue weighted by atomic mass is 9.87. The molecule has 4 nitrogen and oxygen atoms in total. The molecule has 2 aliphatic carbocycles. The van der Waals surface area contributed by atoms with Crippen molar-refractivity contribution in [1.29, 1.82) is 0 Å². The van der Waals surface area contributed by atoms with Gasteiger partial charge in [-0.05, 0) is 48.8 Å². The van der Waals surface area contributed by atoms with E-state index in [9.17, 15) is 9.59 Å². The summed E-state index contributed by atoms with van der Waals surface area (Å²) in [5, 5.41) is 0. The molecule has 4 rings (SSSR count). The maximum Gasteiger partial charge on any atom is 0.317 e. The molecule has 0 N–H and O–H groups in total. The summed E-state index contributed by atoms with van der Waals surface area (Å²) in [7, 11) is 1.81. The van der Waals surface area contributed by atoms with Crippen molar-refractivity contribution in [2.75, 3.05) is 13.7 Å². The minimum absolute atomic E-state index is 0.0603. The molecule has 0 radical (unpaired) electrons. The zero-order valence-corrected chi connectivity index (χ0v) is 15.7. The van der Waals surface area contributed by atoms with Crippen molar-refractivity contribution in [2.24, 2.45) is 0 Å². The number of benzene rings is 2. The first-order chi connectivity index (χ1) is 13.1. The zero-order chi connectivity index (χ0) is 18.9. The van der Waals surface area contributed by atoms with E-state index in [1.807, 2.05) is 49.5 Å². The molecule has 1 amide bonds. The normalized spacial score (nSPS) is 19.7. The monoisotopic (exact) mass is 363 g/mol. The van der Waals surface area contributed by atoms with Crippen molar-refractivity contribution in [3.63, 3.8) is 0 Å². The lowest BCUT2D eigenvalue weighted by Gasteiger charge is -2.33. The maximum atomic E-state index is 12.7. The zero-order valence-electron chi connectivity index (χ0n) is 15.7. The molecule has 0 heterocycles. The summed E-state index contributed by atoms with van der Waals surface area (Å²) in [6, 6.07) is 18.1. The largest absolute Gasteiger partial charge is 0.455 e. The minimum atomic E-state index is -0.544. The first kappa shape index (κ1) is 17.8. The standard InChI is InChI=1S/C23H25NO3/c1-24(20-13-7-9-17-8-5-6-12-19(17)20)21(25)16-27-22(26)23(14-15-23)18-10-3-2-4-11-18/h2-6,8,10-12,20H,7,9,13-16H2,1H3. The quantitative estimate of drug-likeness (QED) is 0.759. The SMILES string of the molecule is CN(C(=O)COC(=O)C1(c2ccccc2)CC1)C1CCCc2ccccc21. The number of hydrogen-bond donors (Lipinski definition) is 0. The fourth-order valence-corrected chi connectivity index (χ4v) is 4.16. The Morgan fingerprint density at radius 2 is 1.78 bits per heavy atom. The number of fused-ring (bicyclic) bond motifs is 1. The summed E-state index contributed by atoms with van der Waals surface area (Å²) < 4.78 is 5.46. The predicted molar refractivity (Wildman–Crippen MR) is 103 cm³/mol. The molecule has 140 valence electrons. The lowest BCUT2D eigenvalue weighted by Crippen LogP contribution is -2.37. The number of esters is 1. The number of carbonyl (C=O) groups excluding carboxylic acids is 2. The second kappa shape index (κ2) is 7.18. The van der Waals surface area contributed by atoms with Gasteiger partial charge < -0.3 is 9.64 Å². The van der Waals surface area contributed by atoms with Crippen LogP contribution in [-0.4, -0.2) is 30.4 Å². The Morgan fingerprint density at radius 3 is 2.52 bits per heavy atom. The molecule has 27 heavy (non-hydrogen) atoms. The van der Waals surface area contributed by atoms with Crippen LogP contribution < -0.4 is 0 Å². The van der Waals surface area contributed by atoms with Crippen LogP contribution in [0.15, 0.2) is 54.6 Å². The Hall–Kier alpha value is -2.62. The maximum absolute atomic E-state index is 12.7. The van der Waals surface area contributed by atoms with Gasteiger partial charge in [-0.1, -0.05) is 54.6 Å². The van der Waals surface area contributed by atoms with E-state index in [-0.39, 0.29) is 24.5 Å². The Labute approximate surface area is 160 Å². The van der Waals surface area contributed by atoms with Crippen LogP contribution in [0.4, 0.5) is 0 Å². The van der Waals surface area contributed by atoms with Gasteiger partial charge in [-0.15, -0.1) is 0 Å². The summed E-state index contributed by atoms with van der Waals surface area (Å²) in [5.74, 6) is -0.423. The molecule has 0 bridgehead atoms. The van der Waals surface area contributed by atoms with E-state index in [4.69, 9.17) is 4.74 Å². The second-order valence-electron chi connectivity index (χ2n) is 7.64. The number of likely N-dealkylation sites (N-methyl/N-ethyl adjacent to an activating group) is 1. The van der Waals surface area contributed by atoms with Crippen molar-refractivity contribution >= 4 is 11.9 Å². The third-order valence-corrected chi connectivity index (χ3v) is 5.99. The van der Waals surface area contributed by atoms with Crippen LogP contribution in [0.3, 0.4) is 0 Å². The number of rotatable bonds is 5. The van der Waals surface area contributed by atoms with Gasteiger partial charge in [-0.3, -0.25) is 9.59 Å². The smallest absolute Gasteiger partial charge is 0.317 e. The molecule has 2 aliphatic rings. The summed E-state index contributed by atoms with van der Waals surface area (Å²) in [6.07, 6.45) is 4.65. The van der Waals surface area contributed by atoms with E-state index >= 15 is 0 Å². The average Bonchev–Trinajstić information content (AvgIpc) is 3.53. The third-order valence-electron chi connectivity index (χ3n) is 5.99. The van der Waals surface area contributed by atoms with E-state index in [0.29, 0.717) is 0 Å². The van der Waals surface area contributed by atoms with Crippen molar-refractivity contribution in [2.45, 2.75) is 43.6 Å². The predicted octanol–water partition coefficient (Wildman–Crippen LogP) is 3.80. The van der Waals surface area contributed by atoms with Crippen LogP contribution in [0, 0.1) is 0 Å². The molecular weight excluding hydrogens is 338 g/mol. The summed E-state index contributed by atoms with van der Waals surface area (Å²) in [5.41, 5.74) is 2.97. The molecule has 1 saturated carbocycles. The number of carbonyl (C=O) groups is 2. The van der Waals surface area contributed by atoms with Crippen LogP contribution >= 0.6 is 0 Å². The molecule has 0 aliphatic heterocycles. The highest BCUT2D eigenvalue weighted by atomic mass is 16.5. The molecule has 1 fully saturated rings. The Balaban J connectivity index is 1.40. The summed E-state index contributed by atoms with van der Waals surface area (Å²) >= 11 is 0. The van der Waals surface area contributed by atoms with Crippen molar-refractivity contribution in [1.82, 2.24) is 4.90 Å². The van der Waals surface area contributed by atoms with Crippen molar-refractivity contribution in [3.05, 3.63) is 71.3 Å². The van der Waals surface area contributed by atoms with E-state index in [2.05, 4.69) is 12.1 Å². The van der Waals surface area contributed by atoms with E-state index in [0.717, 1.165) is 37.7 Å². The summed E-state index contributed by atoms with van der Waals surface area (Å²) in [4.78, 5) is 27.1. The average molecular weight is 363 g/mol. The topological polar surface area (TPSA) is 46.6 Å². The Morgan fingerprint density at radius 1 is 1.07 bits per heavy atom.